The van der Waals surface area contributed by atoms with Crippen LogP contribution in [0.2, 0.25) is 0 Å². The standard InChI is InChI=1S/C23H22NO2/c1-16-8-7-11-20(12-16)22-17(2)13-21(14-18(22)3)24-23(25)26-15-19-9-5-4-6-10-19/h4-14H,1,15H2,2-3H3,(H,24,25). The zero-order valence-corrected chi connectivity index (χ0v) is 15.1. The molecule has 0 heterocycles. The van der Waals surface area contributed by atoms with Gasteiger partial charge in [-0.05, 0) is 66.3 Å². The van der Waals surface area contributed by atoms with Crippen molar-refractivity contribution < 1.29 is 9.53 Å². The third-order valence-electron chi connectivity index (χ3n) is 4.21. The maximum Gasteiger partial charge on any atom is 0.411 e. The molecule has 0 fully saturated rings. The molecule has 1 amide bonds. The summed E-state index contributed by atoms with van der Waals surface area (Å²) in [5, 5.41) is 2.81. The highest BCUT2D eigenvalue weighted by Crippen LogP contribution is 2.30. The lowest BCUT2D eigenvalue weighted by Gasteiger charge is -2.14. The third-order valence-corrected chi connectivity index (χ3v) is 4.21. The second-order valence-electron chi connectivity index (χ2n) is 6.37. The summed E-state index contributed by atoms with van der Waals surface area (Å²) < 4.78 is 5.28. The topological polar surface area (TPSA) is 38.3 Å². The van der Waals surface area contributed by atoms with Gasteiger partial charge in [0, 0.05) is 5.69 Å². The summed E-state index contributed by atoms with van der Waals surface area (Å²) in [7, 11) is 0. The molecule has 0 aliphatic carbocycles. The van der Waals surface area contributed by atoms with Gasteiger partial charge in [-0.15, -0.1) is 0 Å². The van der Waals surface area contributed by atoms with E-state index in [4.69, 9.17) is 4.74 Å². The van der Waals surface area contributed by atoms with E-state index in [1.54, 1.807) is 0 Å². The van der Waals surface area contributed by atoms with E-state index in [1.807, 2.05) is 68.4 Å². The van der Waals surface area contributed by atoms with Crippen LogP contribution in [0.1, 0.15) is 22.3 Å². The van der Waals surface area contributed by atoms with Crippen LogP contribution in [0.4, 0.5) is 10.5 Å². The monoisotopic (exact) mass is 344 g/mol. The van der Waals surface area contributed by atoms with Gasteiger partial charge in [0.25, 0.3) is 0 Å². The Labute approximate surface area is 154 Å². The third kappa shape index (κ3) is 4.31. The van der Waals surface area contributed by atoms with Crippen molar-refractivity contribution in [3.63, 3.8) is 0 Å². The molecular formula is C23H22NO2. The molecule has 0 aliphatic heterocycles. The maximum absolute atomic E-state index is 12.1. The highest BCUT2D eigenvalue weighted by atomic mass is 16.5. The molecular weight excluding hydrogens is 322 g/mol. The van der Waals surface area contributed by atoms with Crippen LogP contribution in [0, 0.1) is 20.8 Å². The molecule has 0 saturated heterocycles. The van der Waals surface area contributed by atoms with E-state index < -0.39 is 6.09 Å². The molecule has 1 N–H and O–H groups in total. The quantitative estimate of drug-likeness (QED) is 0.640. The summed E-state index contributed by atoms with van der Waals surface area (Å²) in [6.45, 7) is 8.32. The molecule has 0 unspecified atom stereocenters. The highest BCUT2D eigenvalue weighted by Gasteiger charge is 2.10. The normalized spacial score (nSPS) is 10.4. The smallest absolute Gasteiger partial charge is 0.411 e. The van der Waals surface area contributed by atoms with E-state index in [9.17, 15) is 4.79 Å². The molecule has 1 radical (unpaired) electrons. The van der Waals surface area contributed by atoms with Crippen LogP contribution in [-0.4, -0.2) is 6.09 Å². The van der Waals surface area contributed by atoms with Gasteiger partial charge >= 0.3 is 6.09 Å². The Bertz CT molecular complexity index is 893. The molecule has 26 heavy (non-hydrogen) atoms. The van der Waals surface area contributed by atoms with Gasteiger partial charge in [0.1, 0.15) is 6.61 Å². The van der Waals surface area contributed by atoms with Crippen molar-refractivity contribution in [1.29, 1.82) is 0 Å². The van der Waals surface area contributed by atoms with Crippen molar-refractivity contribution >= 4 is 11.8 Å². The molecule has 3 nitrogen and oxygen atoms in total. The number of rotatable bonds is 4. The molecule has 0 atom stereocenters. The predicted molar refractivity (Wildman–Crippen MR) is 106 cm³/mol. The summed E-state index contributed by atoms with van der Waals surface area (Å²) in [6, 6.07) is 21.7. The average Bonchev–Trinajstić information content (AvgIpc) is 2.60. The van der Waals surface area contributed by atoms with Crippen LogP contribution in [0.25, 0.3) is 11.1 Å². The fourth-order valence-electron chi connectivity index (χ4n) is 3.09. The highest BCUT2D eigenvalue weighted by molar-refractivity contribution is 5.86. The molecule has 0 saturated carbocycles. The minimum absolute atomic E-state index is 0.249. The largest absolute Gasteiger partial charge is 0.444 e. The molecule has 131 valence electrons. The predicted octanol–water partition coefficient (Wildman–Crippen LogP) is 5.90. The first-order valence-electron chi connectivity index (χ1n) is 8.54. The number of carbonyl (C=O) groups excluding carboxylic acids is 1. The summed E-state index contributed by atoms with van der Waals surface area (Å²) >= 11 is 0. The second-order valence-corrected chi connectivity index (χ2v) is 6.37. The number of ether oxygens (including phenoxy) is 1. The van der Waals surface area contributed by atoms with E-state index >= 15 is 0 Å². The fourth-order valence-corrected chi connectivity index (χ4v) is 3.09. The number of carbonyl (C=O) groups is 1. The van der Waals surface area contributed by atoms with Gasteiger partial charge in [-0.2, -0.15) is 0 Å². The second kappa shape index (κ2) is 7.87. The Morgan fingerprint density at radius 1 is 0.962 bits per heavy atom. The summed E-state index contributed by atoms with van der Waals surface area (Å²) in [6.07, 6.45) is -0.458. The van der Waals surface area contributed by atoms with Crippen molar-refractivity contribution in [1.82, 2.24) is 0 Å². The molecule has 0 bridgehead atoms. The van der Waals surface area contributed by atoms with E-state index in [-0.39, 0.29) is 6.61 Å². The van der Waals surface area contributed by atoms with Crippen molar-refractivity contribution in [3.8, 4) is 11.1 Å². The zero-order valence-electron chi connectivity index (χ0n) is 15.1. The van der Waals surface area contributed by atoms with E-state index in [1.165, 1.54) is 5.56 Å². The number of benzene rings is 3. The minimum Gasteiger partial charge on any atom is -0.444 e. The summed E-state index contributed by atoms with van der Waals surface area (Å²) in [4.78, 5) is 12.1. The Balaban J connectivity index is 1.72. The van der Waals surface area contributed by atoms with Crippen LogP contribution in [0.5, 0.6) is 0 Å². The summed E-state index contributed by atoms with van der Waals surface area (Å²) in [5.74, 6) is 0. The molecule has 0 spiro atoms. The molecule has 3 aromatic carbocycles. The Morgan fingerprint density at radius 3 is 2.31 bits per heavy atom. The van der Waals surface area contributed by atoms with Crippen LogP contribution >= 0.6 is 0 Å². The SMILES string of the molecule is [CH2]c1cccc(-c2c(C)cc(NC(=O)OCc3ccccc3)cc2C)c1. The number of hydrogen-bond donors (Lipinski definition) is 1. The van der Waals surface area contributed by atoms with Gasteiger partial charge in [-0.1, -0.05) is 54.6 Å². The minimum atomic E-state index is -0.458. The average molecular weight is 344 g/mol. The van der Waals surface area contributed by atoms with Crippen molar-refractivity contribution in [2.45, 2.75) is 20.5 Å². The lowest BCUT2D eigenvalue weighted by Crippen LogP contribution is -2.13. The van der Waals surface area contributed by atoms with Crippen molar-refractivity contribution in [3.05, 3.63) is 95.9 Å². The van der Waals surface area contributed by atoms with Crippen molar-refractivity contribution in [2.24, 2.45) is 0 Å². The van der Waals surface area contributed by atoms with Crippen LogP contribution in [0.15, 0.2) is 66.7 Å². The number of aryl methyl sites for hydroxylation is 2. The van der Waals surface area contributed by atoms with Crippen LogP contribution < -0.4 is 5.32 Å². The van der Waals surface area contributed by atoms with Gasteiger partial charge < -0.3 is 4.74 Å². The lowest BCUT2D eigenvalue weighted by molar-refractivity contribution is 0.155. The molecule has 0 aromatic heterocycles. The van der Waals surface area contributed by atoms with Gasteiger partial charge in [-0.3, -0.25) is 5.32 Å². The lowest BCUT2D eigenvalue weighted by atomic mass is 9.94. The van der Waals surface area contributed by atoms with E-state index in [0.717, 1.165) is 33.5 Å². The van der Waals surface area contributed by atoms with Gasteiger partial charge in [0.05, 0.1) is 0 Å². The van der Waals surface area contributed by atoms with Crippen LogP contribution in [0.3, 0.4) is 0 Å². The first-order chi connectivity index (χ1) is 12.5. The van der Waals surface area contributed by atoms with E-state index in [2.05, 4.69) is 24.4 Å². The summed E-state index contributed by atoms with van der Waals surface area (Å²) in [5.41, 5.74) is 7.14. The first kappa shape index (κ1) is 17.7. The van der Waals surface area contributed by atoms with Gasteiger partial charge in [0.2, 0.25) is 0 Å². The number of anilines is 1. The number of hydrogen-bond acceptors (Lipinski definition) is 2. The first-order valence-corrected chi connectivity index (χ1v) is 8.54. The molecule has 3 aromatic rings. The van der Waals surface area contributed by atoms with Gasteiger partial charge in [-0.25, -0.2) is 4.79 Å². The Morgan fingerprint density at radius 2 is 1.65 bits per heavy atom. The molecule has 3 heteroatoms. The molecule has 3 rings (SSSR count). The van der Waals surface area contributed by atoms with Gasteiger partial charge in [0.15, 0.2) is 0 Å². The zero-order chi connectivity index (χ0) is 18.5. The number of amides is 1. The fraction of sp³-hybridized carbons (Fsp3) is 0.130. The molecule has 0 aliphatic rings. The Hall–Kier alpha value is -3.07. The maximum atomic E-state index is 12.1. The van der Waals surface area contributed by atoms with E-state index in [0.29, 0.717) is 0 Å². The number of nitrogens with one attached hydrogen (secondary N) is 1. The Kier molecular flexibility index (Phi) is 5.37. The van der Waals surface area contributed by atoms with Crippen LogP contribution in [-0.2, 0) is 11.3 Å². The van der Waals surface area contributed by atoms with Crippen molar-refractivity contribution in [2.75, 3.05) is 5.32 Å².